The number of carbonyl (C=O) groups is 1. The number of carbonyl (C=O) groups excluding carboxylic acids is 1. The van der Waals surface area contributed by atoms with Gasteiger partial charge in [0.05, 0.1) is 0 Å². The van der Waals surface area contributed by atoms with Crippen molar-refractivity contribution in [2.75, 3.05) is 5.73 Å². The molecule has 0 bridgehead atoms. The van der Waals surface area contributed by atoms with E-state index in [0.29, 0.717) is 0 Å². The topological polar surface area (TPSA) is 52.3 Å². The second-order valence-electron chi connectivity index (χ2n) is 2.85. The maximum atomic E-state index is 12.4. The molecule has 2 N–H and O–H groups in total. The Morgan fingerprint density at radius 2 is 2.00 bits per heavy atom. The molecule has 0 aliphatic heterocycles. The van der Waals surface area contributed by atoms with Crippen LogP contribution in [0.3, 0.4) is 0 Å². The van der Waals surface area contributed by atoms with Crippen molar-refractivity contribution in [2.24, 2.45) is 0 Å². The molecule has 15 heavy (non-hydrogen) atoms. The molecule has 1 rings (SSSR count). The van der Waals surface area contributed by atoms with E-state index in [1.807, 2.05) is 0 Å². The highest BCUT2D eigenvalue weighted by Crippen LogP contribution is 2.37. The molecule has 0 aromatic heterocycles. The van der Waals surface area contributed by atoms with Crippen LogP contribution in [-0.4, -0.2) is 5.97 Å². The molecule has 0 spiro atoms. The van der Waals surface area contributed by atoms with Crippen LogP contribution >= 0.6 is 0 Å². The van der Waals surface area contributed by atoms with Crippen LogP contribution in [0.1, 0.15) is 12.5 Å². The molecule has 0 saturated heterocycles. The average Bonchev–Trinajstić information content (AvgIpc) is 2.05. The number of rotatable bonds is 1. The van der Waals surface area contributed by atoms with Crippen molar-refractivity contribution in [3.05, 3.63) is 23.8 Å². The molecular weight excluding hydrogens is 211 g/mol. The summed E-state index contributed by atoms with van der Waals surface area (Å²) in [6.45, 7) is 1.02. The first-order valence-corrected chi connectivity index (χ1v) is 3.96. The molecule has 0 heterocycles. The third-order valence-corrected chi connectivity index (χ3v) is 1.56. The quantitative estimate of drug-likeness (QED) is 0.447. The number of nitrogen functional groups attached to an aromatic ring is 1. The first-order valence-electron chi connectivity index (χ1n) is 3.96. The smallest absolute Gasteiger partial charge is 0.420 e. The van der Waals surface area contributed by atoms with Gasteiger partial charge in [-0.1, -0.05) is 0 Å². The zero-order chi connectivity index (χ0) is 11.6. The third kappa shape index (κ3) is 2.87. The Hall–Kier alpha value is -1.72. The lowest BCUT2D eigenvalue weighted by Gasteiger charge is -2.12. The summed E-state index contributed by atoms with van der Waals surface area (Å²) >= 11 is 0. The normalized spacial score (nSPS) is 11.2. The molecule has 82 valence electrons. The lowest BCUT2D eigenvalue weighted by molar-refractivity contribution is -0.141. The van der Waals surface area contributed by atoms with Crippen molar-refractivity contribution in [3.8, 4) is 5.75 Å². The number of alkyl halides is 3. The van der Waals surface area contributed by atoms with Gasteiger partial charge in [-0.25, -0.2) is 0 Å². The number of ether oxygens (including phenoxy) is 1. The molecule has 3 nitrogen and oxygen atoms in total. The van der Waals surface area contributed by atoms with Crippen molar-refractivity contribution >= 4 is 11.7 Å². The van der Waals surface area contributed by atoms with E-state index in [4.69, 9.17) is 5.73 Å². The number of esters is 1. The summed E-state index contributed by atoms with van der Waals surface area (Å²) in [6, 6.07) is 2.96. The standard InChI is InChI=1S/C9H8F3NO2/c1-5(14)15-8-3-2-6(13)4-7(8)9(10,11)12/h2-4H,13H2,1H3. The lowest BCUT2D eigenvalue weighted by atomic mass is 10.1. The predicted octanol–water partition coefficient (Wildman–Crippen LogP) is 2.21. The monoisotopic (exact) mass is 219 g/mol. The van der Waals surface area contributed by atoms with Crippen molar-refractivity contribution in [3.63, 3.8) is 0 Å². The van der Waals surface area contributed by atoms with Gasteiger partial charge in [-0.3, -0.25) is 4.79 Å². The Kier molecular flexibility index (Phi) is 2.88. The van der Waals surface area contributed by atoms with Crippen LogP contribution in [0.5, 0.6) is 5.75 Å². The van der Waals surface area contributed by atoms with Crippen LogP contribution < -0.4 is 10.5 Å². The minimum Gasteiger partial charge on any atom is -0.426 e. The first-order chi connectivity index (χ1) is 6.80. The fourth-order valence-electron chi connectivity index (χ4n) is 1.01. The zero-order valence-electron chi connectivity index (χ0n) is 7.76. The summed E-state index contributed by atoms with van der Waals surface area (Å²) in [4.78, 5) is 10.6. The zero-order valence-corrected chi connectivity index (χ0v) is 7.76. The molecular formula is C9H8F3NO2. The summed E-state index contributed by atoms with van der Waals surface area (Å²) < 4.78 is 41.7. The summed E-state index contributed by atoms with van der Waals surface area (Å²) in [5, 5.41) is 0. The molecule has 0 aliphatic carbocycles. The minimum absolute atomic E-state index is 0.0433. The van der Waals surface area contributed by atoms with E-state index in [2.05, 4.69) is 4.74 Å². The van der Waals surface area contributed by atoms with Gasteiger partial charge in [0.1, 0.15) is 11.3 Å². The number of hydrogen-bond acceptors (Lipinski definition) is 3. The molecule has 0 fully saturated rings. The number of nitrogens with two attached hydrogens (primary N) is 1. The molecule has 1 aromatic rings. The number of benzene rings is 1. The summed E-state index contributed by atoms with van der Waals surface area (Å²) in [5.41, 5.74) is 4.11. The van der Waals surface area contributed by atoms with Gasteiger partial charge in [0.2, 0.25) is 0 Å². The van der Waals surface area contributed by atoms with Crippen LogP contribution in [0.4, 0.5) is 18.9 Å². The van der Waals surface area contributed by atoms with Crippen molar-refractivity contribution in [2.45, 2.75) is 13.1 Å². The van der Waals surface area contributed by atoms with E-state index in [-0.39, 0.29) is 5.69 Å². The Morgan fingerprint density at radius 1 is 1.40 bits per heavy atom. The SMILES string of the molecule is CC(=O)Oc1ccc(N)cc1C(F)(F)F. The van der Waals surface area contributed by atoms with E-state index in [9.17, 15) is 18.0 Å². The molecule has 1 aromatic carbocycles. The second-order valence-corrected chi connectivity index (χ2v) is 2.85. The van der Waals surface area contributed by atoms with Gasteiger partial charge in [0.25, 0.3) is 0 Å². The van der Waals surface area contributed by atoms with Crippen molar-refractivity contribution in [1.82, 2.24) is 0 Å². The van der Waals surface area contributed by atoms with E-state index in [1.54, 1.807) is 0 Å². The van der Waals surface area contributed by atoms with Gasteiger partial charge in [0, 0.05) is 12.6 Å². The average molecular weight is 219 g/mol. The van der Waals surface area contributed by atoms with E-state index >= 15 is 0 Å². The van der Waals surface area contributed by atoms with Crippen molar-refractivity contribution < 1.29 is 22.7 Å². The van der Waals surface area contributed by atoms with E-state index < -0.39 is 23.5 Å². The summed E-state index contributed by atoms with van der Waals surface area (Å²) in [6.07, 6.45) is -4.60. The molecule has 0 saturated carbocycles. The van der Waals surface area contributed by atoms with Crippen molar-refractivity contribution in [1.29, 1.82) is 0 Å². The number of anilines is 1. The van der Waals surface area contributed by atoms with Gasteiger partial charge >= 0.3 is 12.1 Å². The van der Waals surface area contributed by atoms with Crippen LogP contribution in [0, 0.1) is 0 Å². The van der Waals surface area contributed by atoms with E-state index in [0.717, 1.165) is 19.1 Å². The van der Waals surface area contributed by atoms with Gasteiger partial charge in [0.15, 0.2) is 0 Å². The number of hydrogen-bond donors (Lipinski definition) is 1. The highest BCUT2D eigenvalue weighted by Gasteiger charge is 2.34. The predicted molar refractivity (Wildman–Crippen MR) is 47.2 cm³/mol. The summed E-state index contributed by atoms with van der Waals surface area (Å²) in [5.74, 6) is -1.35. The Bertz CT molecular complexity index is 387. The van der Waals surface area contributed by atoms with Gasteiger partial charge in [-0.05, 0) is 18.2 Å². The van der Waals surface area contributed by atoms with Crippen LogP contribution in [-0.2, 0) is 11.0 Å². The number of halogens is 3. The highest BCUT2D eigenvalue weighted by molar-refractivity contribution is 5.70. The van der Waals surface area contributed by atoms with Crippen LogP contribution in [0.25, 0.3) is 0 Å². The van der Waals surface area contributed by atoms with Gasteiger partial charge in [-0.2, -0.15) is 13.2 Å². The molecule has 0 amide bonds. The van der Waals surface area contributed by atoms with Gasteiger partial charge in [-0.15, -0.1) is 0 Å². The fraction of sp³-hybridized carbons (Fsp3) is 0.222. The molecule has 0 radical (unpaired) electrons. The van der Waals surface area contributed by atoms with Gasteiger partial charge < -0.3 is 10.5 Å². The molecule has 0 unspecified atom stereocenters. The Balaban J connectivity index is 3.20. The summed E-state index contributed by atoms with van der Waals surface area (Å²) in [7, 11) is 0. The van der Waals surface area contributed by atoms with E-state index in [1.165, 1.54) is 6.07 Å². The fourth-order valence-corrected chi connectivity index (χ4v) is 1.01. The Morgan fingerprint density at radius 3 is 2.47 bits per heavy atom. The lowest BCUT2D eigenvalue weighted by Crippen LogP contribution is -2.11. The van der Waals surface area contributed by atoms with Crippen LogP contribution in [0.2, 0.25) is 0 Å². The first kappa shape index (κ1) is 11.4. The molecule has 0 aliphatic rings. The minimum atomic E-state index is -4.60. The Labute approximate surface area is 83.6 Å². The molecule has 0 atom stereocenters. The highest BCUT2D eigenvalue weighted by atomic mass is 19.4. The maximum Gasteiger partial charge on any atom is 0.420 e. The maximum absolute atomic E-state index is 12.4. The third-order valence-electron chi connectivity index (χ3n) is 1.56. The molecule has 6 heteroatoms. The largest absolute Gasteiger partial charge is 0.426 e. The second kappa shape index (κ2) is 3.80. The van der Waals surface area contributed by atoms with Crippen LogP contribution in [0.15, 0.2) is 18.2 Å².